The number of carboxylic acid groups (broad SMARTS) is 1. The molecule has 0 atom stereocenters. The smallest absolute Gasteiger partial charge is 0.460 e. The summed E-state index contributed by atoms with van der Waals surface area (Å²) in [4.78, 5) is 10.7. The molecule has 0 unspecified atom stereocenters. The molecule has 1 N–H and O–H groups in total. The molecule has 2 rings (SSSR count). The molecule has 2 aromatic rings. The summed E-state index contributed by atoms with van der Waals surface area (Å²) >= 11 is 0. The Bertz CT molecular complexity index is 936. The van der Waals surface area contributed by atoms with Crippen molar-refractivity contribution in [2.75, 3.05) is 0 Å². The Morgan fingerprint density at radius 1 is 0.800 bits per heavy atom. The predicted octanol–water partition coefficient (Wildman–Crippen LogP) is 6.24. The van der Waals surface area contributed by atoms with Gasteiger partial charge in [-0.2, -0.15) is 39.5 Å². The third-order valence-electron chi connectivity index (χ3n) is 3.77. The second-order valence-corrected chi connectivity index (χ2v) is 5.80. The van der Waals surface area contributed by atoms with E-state index in [0.29, 0.717) is 18.2 Å². The van der Waals surface area contributed by atoms with Gasteiger partial charge in [0.1, 0.15) is 5.75 Å². The molecule has 0 fully saturated rings. The number of aromatic carboxylic acids is 1. The van der Waals surface area contributed by atoms with Crippen LogP contribution in [-0.4, -0.2) is 29.1 Å². The van der Waals surface area contributed by atoms with Crippen molar-refractivity contribution >= 4 is 5.97 Å². The van der Waals surface area contributed by atoms with Crippen molar-refractivity contribution in [3.63, 3.8) is 0 Å². The zero-order valence-electron chi connectivity index (χ0n) is 14.1. The van der Waals surface area contributed by atoms with Crippen LogP contribution in [0.1, 0.15) is 15.9 Å². The highest BCUT2D eigenvalue weighted by molar-refractivity contribution is 5.87. The molecular weight excluding hydrogens is 442 g/mol. The molecule has 3 nitrogen and oxygen atoms in total. The minimum absolute atomic E-state index is 0.0964. The number of carbonyl (C=O) groups is 1. The Kier molecular flexibility index (Phi) is 5.72. The zero-order chi connectivity index (χ0) is 23.1. The summed E-state index contributed by atoms with van der Waals surface area (Å²) in [5, 5.41) is 8.71. The van der Waals surface area contributed by atoms with Gasteiger partial charge < -0.3 is 9.84 Å². The average Bonchev–Trinajstić information content (AvgIpc) is 2.62. The zero-order valence-corrected chi connectivity index (χ0v) is 14.1. The monoisotopic (exact) mass is 450 g/mol. The van der Waals surface area contributed by atoms with Crippen molar-refractivity contribution in [3.8, 4) is 11.5 Å². The number of halogens is 10. The topological polar surface area (TPSA) is 46.5 Å². The lowest BCUT2D eigenvalue weighted by atomic mass is 9.97. The van der Waals surface area contributed by atoms with Crippen molar-refractivity contribution in [1.82, 2.24) is 0 Å². The number of hydrogen-bond donors (Lipinski definition) is 1. The quantitative estimate of drug-likeness (QED) is 0.530. The van der Waals surface area contributed by atoms with Gasteiger partial charge in [0.25, 0.3) is 0 Å². The number of benzene rings is 2. The maximum Gasteiger partial charge on any atom is 0.460 e. The van der Waals surface area contributed by atoms with Gasteiger partial charge in [-0.05, 0) is 42.5 Å². The number of carboxylic acids is 1. The molecule has 0 amide bonds. The van der Waals surface area contributed by atoms with E-state index in [9.17, 15) is 48.7 Å². The van der Waals surface area contributed by atoms with Crippen molar-refractivity contribution in [1.29, 1.82) is 0 Å². The summed E-state index contributed by atoms with van der Waals surface area (Å²) in [6, 6.07) is 3.51. The van der Waals surface area contributed by atoms with Gasteiger partial charge in [0, 0.05) is 5.56 Å². The van der Waals surface area contributed by atoms with Gasteiger partial charge in [0.05, 0.1) is 5.56 Å². The number of hydrogen-bond acceptors (Lipinski definition) is 2. The van der Waals surface area contributed by atoms with Crippen LogP contribution in [0.4, 0.5) is 43.9 Å². The molecule has 2 aromatic carbocycles. The van der Waals surface area contributed by atoms with E-state index in [4.69, 9.17) is 9.84 Å². The summed E-state index contributed by atoms with van der Waals surface area (Å²) in [6.45, 7) is 0. The van der Waals surface area contributed by atoms with E-state index in [0.717, 1.165) is 12.1 Å². The van der Waals surface area contributed by atoms with Crippen LogP contribution in [0, 0.1) is 5.82 Å². The number of alkyl halides is 9. The Hall–Kier alpha value is -2.99. The molecule has 0 spiro atoms. The minimum Gasteiger partial charge on any atom is -0.478 e. The van der Waals surface area contributed by atoms with Gasteiger partial charge in [0.15, 0.2) is 11.6 Å². The van der Waals surface area contributed by atoms with Crippen molar-refractivity contribution < 1.29 is 58.5 Å². The fraction of sp³-hybridized carbons (Fsp3) is 0.235. The third kappa shape index (κ3) is 3.87. The van der Waals surface area contributed by atoms with Crippen molar-refractivity contribution in [3.05, 3.63) is 59.4 Å². The van der Waals surface area contributed by atoms with Gasteiger partial charge in [-0.3, -0.25) is 0 Å². The molecular formula is C17H8F10O3. The summed E-state index contributed by atoms with van der Waals surface area (Å²) in [7, 11) is 0. The average molecular weight is 450 g/mol. The highest BCUT2D eigenvalue weighted by Gasteiger charge is 2.82. The molecule has 164 valence electrons. The van der Waals surface area contributed by atoms with Crippen molar-refractivity contribution in [2.45, 2.75) is 23.9 Å². The third-order valence-corrected chi connectivity index (χ3v) is 3.77. The first kappa shape index (κ1) is 23.3. The van der Waals surface area contributed by atoms with E-state index in [-0.39, 0.29) is 12.1 Å². The maximum atomic E-state index is 13.8. The molecule has 0 saturated heterocycles. The highest BCUT2D eigenvalue weighted by Crippen LogP contribution is 2.56. The molecule has 0 bridgehead atoms. The van der Waals surface area contributed by atoms with E-state index in [1.54, 1.807) is 0 Å². The number of rotatable bonds is 6. The molecule has 0 heterocycles. The summed E-state index contributed by atoms with van der Waals surface area (Å²) in [5.74, 6) is -23.5. The summed E-state index contributed by atoms with van der Waals surface area (Å²) < 4.78 is 135. The van der Waals surface area contributed by atoms with Crippen LogP contribution in [0.15, 0.2) is 42.5 Å². The SMILES string of the molecule is O=C(O)c1ccc(Oc2ccc(C(F)(F)C(F)(F)C(F)(F)C(F)(F)F)cc2)c(F)c1. The summed E-state index contributed by atoms with van der Waals surface area (Å²) in [6.07, 6.45) is -6.94. The normalized spacial score (nSPS) is 13.3. The molecule has 0 aliphatic carbocycles. The van der Waals surface area contributed by atoms with E-state index in [2.05, 4.69) is 0 Å². The van der Waals surface area contributed by atoms with Gasteiger partial charge in [-0.25, -0.2) is 9.18 Å². The Balaban J connectivity index is 2.31. The van der Waals surface area contributed by atoms with Crippen LogP contribution in [0.5, 0.6) is 11.5 Å². The lowest BCUT2D eigenvalue weighted by Crippen LogP contribution is -2.59. The van der Waals surface area contributed by atoms with Crippen molar-refractivity contribution in [2.24, 2.45) is 0 Å². The van der Waals surface area contributed by atoms with Gasteiger partial charge in [-0.1, -0.05) is 0 Å². The highest BCUT2D eigenvalue weighted by atomic mass is 19.4. The second-order valence-electron chi connectivity index (χ2n) is 5.80. The lowest BCUT2D eigenvalue weighted by molar-refractivity contribution is -0.399. The molecule has 13 heteroatoms. The van der Waals surface area contributed by atoms with Crippen LogP contribution in [0.3, 0.4) is 0 Å². The van der Waals surface area contributed by atoms with Gasteiger partial charge in [0.2, 0.25) is 0 Å². The van der Waals surface area contributed by atoms with E-state index < -0.39 is 58.4 Å². The molecule has 0 aromatic heterocycles. The van der Waals surface area contributed by atoms with E-state index >= 15 is 0 Å². The summed E-state index contributed by atoms with van der Waals surface area (Å²) in [5.41, 5.74) is -2.34. The van der Waals surface area contributed by atoms with Crippen LogP contribution in [0.25, 0.3) is 0 Å². The van der Waals surface area contributed by atoms with Gasteiger partial charge in [-0.15, -0.1) is 0 Å². The first-order chi connectivity index (χ1) is 13.5. The second kappa shape index (κ2) is 7.36. The maximum absolute atomic E-state index is 13.8. The first-order valence-corrected chi connectivity index (χ1v) is 7.54. The molecule has 0 aliphatic rings. The number of ether oxygens (including phenoxy) is 1. The van der Waals surface area contributed by atoms with Crippen LogP contribution >= 0.6 is 0 Å². The molecule has 0 radical (unpaired) electrons. The van der Waals surface area contributed by atoms with E-state index in [1.807, 2.05) is 0 Å². The predicted molar refractivity (Wildman–Crippen MR) is 79.7 cm³/mol. The van der Waals surface area contributed by atoms with Gasteiger partial charge >= 0.3 is 29.9 Å². The Morgan fingerprint density at radius 3 is 1.77 bits per heavy atom. The Morgan fingerprint density at radius 2 is 1.33 bits per heavy atom. The van der Waals surface area contributed by atoms with Crippen LogP contribution in [0.2, 0.25) is 0 Å². The fourth-order valence-corrected chi connectivity index (χ4v) is 2.13. The van der Waals surface area contributed by atoms with E-state index in [1.165, 1.54) is 0 Å². The van der Waals surface area contributed by atoms with Crippen LogP contribution < -0.4 is 4.74 Å². The lowest BCUT2D eigenvalue weighted by Gasteiger charge is -2.33. The standard InChI is InChI=1S/C17H8F10O3/c18-11-7-8(13(28)29)1-6-12(11)30-10-4-2-9(3-5-10)14(19,20)15(21,22)16(23,24)17(25,26)27/h1-7H,(H,28,29). The largest absolute Gasteiger partial charge is 0.478 e. The molecule has 30 heavy (non-hydrogen) atoms. The molecule has 0 saturated carbocycles. The molecule has 0 aliphatic heterocycles. The Labute approximate surface area is 160 Å². The van der Waals surface area contributed by atoms with Crippen LogP contribution in [-0.2, 0) is 5.92 Å². The fourth-order valence-electron chi connectivity index (χ4n) is 2.13. The minimum atomic E-state index is -7.03. The first-order valence-electron chi connectivity index (χ1n) is 7.54.